The number of ether oxygens (including phenoxy) is 1. The third-order valence-electron chi connectivity index (χ3n) is 2.86. The van der Waals surface area contributed by atoms with Crippen molar-refractivity contribution in [3.63, 3.8) is 0 Å². The van der Waals surface area contributed by atoms with Gasteiger partial charge in [0.15, 0.2) is 0 Å². The second-order valence-electron chi connectivity index (χ2n) is 5.08. The van der Waals surface area contributed by atoms with E-state index in [1.165, 1.54) is 11.1 Å². The third-order valence-corrected chi connectivity index (χ3v) is 2.86. The Hall–Kier alpha value is -0.900. The molecule has 3 nitrogen and oxygen atoms in total. The summed E-state index contributed by atoms with van der Waals surface area (Å²) in [6, 6.07) is 8.67. The number of aryl methyl sites for hydroxylation is 1. The lowest BCUT2D eigenvalue weighted by molar-refractivity contribution is 0.00560. The minimum Gasteiger partial charge on any atom is -0.389 e. The van der Waals surface area contributed by atoms with Crippen molar-refractivity contribution in [3.05, 3.63) is 35.4 Å². The van der Waals surface area contributed by atoms with Crippen LogP contribution in [0, 0.1) is 6.92 Å². The summed E-state index contributed by atoms with van der Waals surface area (Å²) in [5, 5.41) is 13.1. The van der Waals surface area contributed by atoms with Gasteiger partial charge in [0.05, 0.1) is 18.8 Å². The Morgan fingerprint density at radius 1 is 1.17 bits per heavy atom. The predicted molar refractivity (Wildman–Crippen MR) is 74.7 cm³/mol. The molecule has 0 aliphatic carbocycles. The highest BCUT2D eigenvalue weighted by molar-refractivity contribution is 5.23. The van der Waals surface area contributed by atoms with Crippen molar-refractivity contribution in [2.75, 3.05) is 13.2 Å². The second-order valence-corrected chi connectivity index (χ2v) is 5.08. The van der Waals surface area contributed by atoms with E-state index in [1.54, 1.807) is 0 Å². The monoisotopic (exact) mass is 251 g/mol. The van der Waals surface area contributed by atoms with Gasteiger partial charge in [-0.1, -0.05) is 29.8 Å². The fraction of sp³-hybridized carbons (Fsp3) is 0.600. The van der Waals surface area contributed by atoms with E-state index in [-0.39, 0.29) is 12.1 Å². The molecule has 0 spiro atoms. The van der Waals surface area contributed by atoms with E-state index >= 15 is 0 Å². The lowest BCUT2D eigenvalue weighted by Crippen LogP contribution is -2.32. The minimum atomic E-state index is -0.458. The van der Waals surface area contributed by atoms with Gasteiger partial charge in [0.1, 0.15) is 0 Å². The van der Waals surface area contributed by atoms with Crippen LogP contribution in [-0.2, 0) is 4.74 Å². The summed E-state index contributed by atoms with van der Waals surface area (Å²) in [5.74, 6) is 0. The molecule has 0 aromatic heterocycles. The van der Waals surface area contributed by atoms with E-state index in [1.807, 2.05) is 13.8 Å². The van der Waals surface area contributed by atoms with Crippen molar-refractivity contribution in [2.45, 2.75) is 45.9 Å². The molecule has 0 bridgehead atoms. The molecule has 1 rings (SSSR count). The number of benzene rings is 1. The normalized spacial score (nSPS) is 14.8. The average Bonchev–Trinajstić information content (AvgIpc) is 2.34. The van der Waals surface area contributed by atoms with Gasteiger partial charge < -0.3 is 15.2 Å². The first-order valence-corrected chi connectivity index (χ1v) is 6.58. The minimum absolute atomic E-state index is 0.161. The third kappa shape index (κ3) is 5.63. The Kier molecular flexibility index (Phi) is 6.33. The average molecular weight is 251 g/mol. The number of hydrogen-bond acceptors (Lipinski definition) is 3. The number of hydrogen-bond donors (Lipinski definition) is 2. The van der Waals surface area contributed by atoms with Gasteiger partial charge in [0, 0.05) is 12.6 Å². The molecule has 0 saturated heterocycles. The van der Waals surface area contributed by atoms with Crippen molar-refractivity contribution in [2.24, 2.45) is 0 Å². The molecule has 0 radical (unpaired) electrons. The maximum absolute atomic E-state index is 9.75. The van der Waals surface area contributed by atoms with Gasteiger partial charge in [-0.15, -0.1) is 0 Å². The molecule has 18 heavy (non-hydrogen) atoms. The summed E-state index contributed by atoms with van der Waals surface area (Å²) >= 11 is 0. The zero-order valence-corrected chi connectivity index (χ0v) is 11.8. The van der Waals surface area contributed by atoms with Gasteiger partial charge in [-0.3, -0.25) is 0 Å². The molecule has 0 aliphatic rings. The smallest absolute Gasteiger partial charge is 0.0898 e. The van der Waals surface area contributed by atoms with Crippen LogP contribution in [0.2, 0.25) is 0 Å². The van der Waals surface area contributed by atoms with Crippen LogP contribution in [0.4, 0.5) is 0 Å². The Labute approximate surface area is 110 Å². The summed E-state index contributed by atoms with van der Waals surface area (Å²) in [6.07, 6.45) is -0.297. The van der Waals surface area contributed by atoms with Crippen LogP contribution in [0.3, 0.4) is 0 Å². The zero-order valence-electron chi connectivity index (χ0n) is 11.8. The molecular weight excluding hydrogens is 226 g/mol. The first kappa shape index (κ1) is 15.2. The Morgan fingerprint density at radius 3 is 2.33 bits per heavy atom. The van der Waals surface area contributed by atoms with Crippen LogP contribution in [0.5, 0.6) is 0 Å². The zero-order chi connectivity index (χ0) is 13.5. The van der Waals surface area contributed by atoms with E-state index in [2.05, 4.69) is 43.4 Å². The maximum Gasteiger partial charge on any atom is 0.0898 e. The summed E-state index contributed by atoms with van der Waals surface area (Å²) in [7, 11) is 0. The van der Waals surface area contributed by atoms with Crippen LogP contribution in [0.1, 0.15) is 37.9 Å². The lowest BCUT2D eigenvalue weighted by atomic mass is 10.1. The molecule has 3 heteroatoms. The van der Waals surface area contributed by atoms with E-state index in [0.29, 0.717) is 13.2 Å². The van der Waals surface area contributed by atoms with Gasteiger partial charge in [-0.05, 0) is 33.3 Å². The molecule has 0 aliphatic heterocycles. The molecule has 1 aromatic carbocycles. The fourth-order valence-electron chi connectivity index (χ4n) is 1.65. The fourth-order valence-corrected chi connectivity index (χ4v) is 1.65. The number of aliphatic hydroxyl groups is 1. The molecule has 2 atom stereocenters. The van der Waals surface area contributed by atoms with Crippen LogP contribution in [-0.4, -0.2) is 30.5 Å². The van der Waals surface area contributed by atoms with E-state index < -0.39 is 6.10 Å². The molecule has 102 valence electrons. The van der Waals surface area contributed by atoms with Gasteiger partial charge in [0.25, 0.3) is 0 Å². The van der Waals surface area contributed by atoms with Gasteiger partial charge in [0.2, 0.25) is 0 Å². The topological polar surface area (TPSA) is 41.5 Å². The molecule has 1 aromatic rings. The first-order valence-electron chi connectivity index (χ1n) is 6.58. The molecule has 0 fully saturated rings. The Morgan fingerprint density at radius 2 is 1.78 bits per heavy atom. The van der Waals surface area contributed by atoms with Crippen LogP contribution in [0.15, 0.2) is 24.3 Å². The first-order chi connectivity index (χ1) is 8.49. The Bertz CT molecular complexity index is 335. The van der Waals surface area contributed by atoms with Crippen molar-refractivity contribution in [3.8, 4) is 0 Å². The lowest BCUT2D eigenvalue weighted by Gasteiger charge is -2.18. The molecule has 0 heterocycles. The molecule has 1 unspecified atom stereocenters. The Balaban J connectivity index is 2.32. The summed E-state index contributed by atoms with van der Waals surface area (Å²) in [6.45, 7) is 9.03. The van der Waals surface area contributed by atoms with Gasteiger partial charge in [-0.2, -0.15) is 0 Å². The highest BCUT2D eigenvalue weighted by Crippen LogP contribution is 2.12. The van der Waals surface area contributed by atoms with Crippen molar-refractivity contribution < 1.29 is 9.84 Å². The van der Waals surface area contributed by atoms with E-state index in [9.17, 15) is 5.11 Å². The molecule has 0 saturated carbocycles. The van der Waals surface area contributed by atoms with Gasteiger partial charge in [-0.25, -0.2) is 0 Å². The highest BCUT2D eigenvalue weighted by Gasteiger charge is 2.09. The summed E-state index contributed by atoms with van der Waals surface area (Å²) in [4.78, 5) is 0. The van der Waals surface area contributed by atoms with E-state index in [0.717, 1.165) is 0 Å². The van der Waals surface area contributed by atoms with E-state index in [4.69, 9.17) is 4.74 Å². The van der Waals surface area contributed by atoms with Crippen LogP contribution >= 0.6 is 0 Å². The number of nitrogens with one attached hydrogen (secondary N) is 1. The number of aliphatic hydroxyl groups excluding tert-OH is 1. The van der Waals surface area contributed by atoms with Gasteiger partial charge >= 0.3 is 0 Å². The molecule has 0 amide bonds. The highest BCUT2D eigenvalue weighted by atomic mass is 16.5. The summed E-state index contributed by atoms with van der Waals surface area (Å²) in [5.41, 5.74) is 2.49. The maximum atomic E-state index is 9.75. The quantitative estimate of drug-likeness (QED) is 0.782. The molecular formula is C15H25NO2. The standard InChI is InChI=1S/C15H25NO2/c1-11(2)18-10-15(17)9-16-13(4)14-7-5-12(3)6-8-14/h5-8,11,13,15-17H,9-10H2,1-4H3/t13-,15?/m0/s1. The van der Waals surface area contributed by atoms with Crippen LogP contribution in [0.25, 0.3) is 0 Å². The molecule has 2 N–H and O–H groups in total. The van der Waals surface area contributed by atoms with Crippen molar-refractivity contribution in [1.29, 1.82) is 0 Å². The summed E-state index contributed by atoms with van der Waals surface area (Å²) < 4.78 is 5.37. The second kappa shape index (κ2) is 7.52. The largest absolute Gasteiger partial charge is 0.389 e. The predicted octanol–water partition coefficient (Wildman–Crippen LogP) is 2.43. The van der Waals surface area contributed by atoms with Crippen molar-refractivity contribution in [1.82, 2.24) is 5.32 Å². The SMILES string of the molecule is Cc1ccc([C@H](C)NCC(O)COC(C)C)cc1. The van der Waals surface area contributed by atoms with Crippen LogP contribution < -0.4 is 5.32 Å². The van der Waals surface area contributed by atoms with Crippen molar-refractivity contribution >= 4 is 0 Å². The number of rotatable bonds is 7.